The molecule has 0 amide bonds. The largest absolute Gasteiger partial charge is 0.467 e. The molecule has 4 heterocycles. The summed E-state index contributed by atoms with van der Waals surface area (Å²) in [6, 6.07) is 1.82. The lowest BCUT2D eigenvalue weighted by molar-refractivity contribution is -0.140. The van der Waals surface area contributed by atoms with Gasteiger partial charge >= 0.3 is 0 Å². The predicted octanol–water partition coefficient (Wildman–Crippen LogP) is 1.60. The Morgan fingerprint density at radius 1 is 1.54 bits per heavy atom. The smallest absolute Gasteiger partial charge is 0.257 e. The van der Waals surface area contributed by atoms with Crippen LogP contribution in [0, 0.1) is 5.41 Å². The molecule has 9 nitrogen and oxygen atoms in total. The van der Waals surface area contributed by atoms with Gasteiger partial charge in [-0.1, -0.05) is 0 Å². The Bertz CT molecular complexity index is 900. The van der Waals surface area contributed by atoms with Crippen molar-refractivity contribution in [1.29, 1.82) is 5.41 Å². The Morgan fingerprint density at radius 3 is 3.12 bits per heavy atom. The first-order valence-corrected chi connectivity index (χ1v) is 7.57. The van der Waals surface area contributed by atoms with Crippen LogP contribution >= 0.6 is 0 Å². The van der Waals surface area contributed by atoms with Crippen molar-refractivity contribution in [2.75, 3.05) is 11.9 Å². The second-order valence-corrected chi connectivity index (χ2v) is 5.71. The molecule has 1 aliphatic rings. The molecule has 0 radical (unpaired) electrons. The molecule has 0 aliphatic carbocycles. The summed E-state index contributed by atoms with van der Waals surface area (Å²) in [5.41, 5.74) is 2.04. The van der Waals surface area contributed by atoms with E-state index in [4.69, 9.17) is 14.9 Å². The van der Waals surface area contributed by atoms with Crippen molar-refractivity contribution in [3.63, 3.8) is 0 Å². The number of aromatic amines is 1. The molecular formula is C15H17N7O2. The second-order valence-electron chi connectivity index (χ2n) is 5.71. The van der Waals surface area contributed by atoms with Crippen molar-refractivity contribution < 1.29 is 9.47 Å². The molecule has 24 heavy (non-hydrogen) atoms. The number of aryl methyl sites for hydroxylation is 1. The fourth-order valence-electron chi connectivity index (χ4n) is 2.48. The SMILES string of the molecule is C[C@H]1OCC1Oc1nn(C)cc1Nc1ncc2cc(C=N)[nH]c2n1. The number of fused-ring (bicyclic) bond motifs is 1. The van der Waals surface area contributed by atoms with Gasteiger partial charge in [0.1, 0.15) is 17.4 Å². The average Bonchev–Trinajstić information content (AvgIpc) is 3.13. The second kappa shape index (κ2) is 5.60. The predicted molar refractivity (Wildman–Crippen MR) is 88.1 cm³/mol. The van der Waals surface area contributed by atoms with E-state index in [0.717, 1.165) is 5.39 Å². The van der Waals surface area contributed by atoms with Gasteiger partial charge < -0.3 is 25.2 Å². The number of aromatic nitrogens is 5. The van der Waals surface area contributed by atoms with E-state index in [9.17, 15) is 0 Å². The number of hydrogen-bond acceptors (Lipinski definition) is 7. The molecule has 124 valence electrons. The van der Waals surface area contributed by atoms with Crippen LogP contribution in [0.5, 0.6) is 5.88 Å². The van der Waals surface area contributed by atoms with E-state index in [1.54, 1.807) is 10.9 Å². The van der Waals surface area contributed by atoms with Gasteiger partial charge in [0, 0.05) is 24.8 Å². The fourth-order valence-corrected chi connectivity index (χ4v) is 2.48. The molecular weight excluding hydrogens is 310 g/mol. The zero-order valence-electron chi connectivity index (χ0n) is 13.3. The summed E-state index contributed by atoms with van der Waals surface area (Å²) in [7, 11) is 1.82. The van der Waals surface area contributed by atoms with E-state index in [1.807, 2.05) is 26.2 Å². The number of hydrogen-bond donors (Lipinski definition) is 3. The molecule has 4 rings (SSSR count). The maximum Gasteiger partial charge on any atom is 0.257 e. The van der Waals surface area contributed by atoms with E-state index in [1.165, 1.54) is 6.21 Å². The van der Waals surface area contributed by atoms with E-state index in [0.29, 0.717) is 35.5 Å². The van der Waals surface area contributed by atoms with Gasteiger partial charge in [-0.3, -0.25) is 4.68 Å². The lowest BCUT2D eigenvalue weighted by Crippen LogP contribution is -2.46. The van der Waals surface area contributed by atoms with Crippen LogP contribution in [0.25, 0.3) is 11.0 Å². The molecule has 1 saturated heterocycles. The lowest BCUT2D eigenvalue weighted by atomic mass is 10.2. The first-order chi connectivity index (χ1) is 11.6. The summed E-state index contributed by atoms with van der Waals surface area (Å²) in [5.74, 6) is 0.921. The highest BCUT2D eigenvalue weighted by molar-refractivity contribution is 5.86. The Labute approximate surface area is 137 Å². The van der Waals surface area contributed by atoms with E-state index in [2.05, 4.69) is 25.4 Å². The molecule has 1 aliphatic heterocycles. The summed E-state index contributed by atoms with van der Waals surface area (Å²) in [6.07, 6.45) is 4.81. The normalized spacial score (nSPS) is 19.9. The average molecular weight is 327 g/mol. The van der Waals surface area contributed by atoms with Crippen LogP contribution in [0.2, 0.25) is 0 Å². The number of rotatable bonds is 5. The maximum absolute atomic E-state index is 7.29. The van der Waals surface area contributed by atoms with Crippen LogP contribution in [0.1, 0.15) is 12.6 Å². The minimum absolute atomic E-state index is 0.00223. The van der Waals surface area contributed by atoms with Crippen LogP contribution in [0.15, 0.2) is 18.5 Å². The highest BCUT2D eigenvalue weighted by Crippen LogP contribution is 2.28. The van der Waals surface area contributed by atoms with Gasteiger partial charge in [0.2, 0.25) is 5.95 Å². The first kappa shape index (κ1) is 14.6. The quantitative estimate of drug-likeness (QED) is 0.613. The van der Waals surface area contributed by atoms with Crippen molar-refractivity contribution in [2.24, 2.45) is 7.05 Å². The molecule has 1 fully saturated rings. The van der Waals surface area contributed by atoms with Crippen molar-refractivity contribution in [3.8, 4) is 5.88 Å². The zero-order chi connectivity index (χ0) is 16.7. The highest BCUT2D eigenvalue weighted by Gasteiger charge is 2.31. The van der Waals surface area contributed by atoms with Gasteiger partial charge in [-0.25, -0.2) is 4.98 Å². The molecule has 1 unspecified atom stereocenters. The molecule has 9 heteroatoms. The van der Waals surface area contributed by atoms with Crippen molar-refractivity contribution in [2.45, 2.75) is 19.1 Å². The number of anilines is 2. The van der Waals surface area contributed by atoms with Gasteiger partial charge in [0.15, 0.2) is 0 Å². The maximum atomic E-state index is 7.29. The van der Waals surface area contributed by atoms with Crippen LogP contribution in [-0.4, -0.2) is 49.8 Å². The van der Waals surface area contributed by atoms with Crippen LogP contribution in [0.3, 0.4) is 0 Å². The van der Waals surface area contributed by atoms with Gasteiger partial charge in [-0.15, -0.1) is 5.10 Å². The Balaban J connectivity index is 1.59. The topological polar surface area (TPSA) is 114 Å². The number of nitrogens with one attached hydrogen (secondary N) is 3. The van der Waals surface area contributed by atoms with Crippen LogP contribution < -0.4 is 10.1 Å². The van der Waals surface area contributed by atoms with E-state index in [-0.39, 0.29) is 12.2 Å². The minimum Gasteiger partial charge on any atom is -0.467 e. The summed E-state index contributed by atoms with van der Waals surface area (Å²) in [4.78, 5) is 11.8. The molecule has 3 aromatic rings. The van der Waals surface area contributed by atoms with E-state index >= 15 is 0 Å². The van der Waals surface area contributed by atoms with Gasteiger partial charge in [0.05, 0.1) is 24.6 Å². The monoisotopic (exact) mass is 327 g/mol. The minimum atomic E-state index is 0.00223. The standard InChI is InChI=1S/C15H17N7O2/c1-8-12(7-23-8)24-14-11(6-22(2)21-14)19-15-17-5-9-3-10(4-16)18-13(9)20-15/h3-6,8,12,16H,7H2,1-2H3,(H2,17,18,19,20)/t8-,12?/m1/s1. The number of nitrogens with zero attached hydrogens (tertiary/aromatic N) is 4. The summed E-state index contributed by atoms with van der Waals surface area (Å²) in [5, 5.41) is 15.6. The van der Waals surface area contributed by atoms with Crippen LogP contribution in [-0.2, 0) is 11.8 Å². The third kappa shape index (κ3) is 2.58. The zero-order valence-corrected chi connectivity index (χ0v) is 13.3. The van der Waals surface area contributed by atoms with Crippen molar-refractivity contribution >= 4 is 28.9 Å². The number of ether oxygens (including phenoxy) is 2. The molecule has 3 aromatic heterocycles. The highest BCUT2D eigenvalue weighted by atomic mass is 16.6. The van der Waals surface area contributed by atoms with Gasteiger partial charge in [-0.05, 0) is 13.0 Å². The lowest BCUT2D eigenvalue weighted by Gasteiger charge is -2.33. The molecule has 3 N–H and O–H groups in total. The summed E-state index contributed by atoms with van der Waals surface area (Å²) < 4.78 is 12.9. The van der Waals surface area contributed by atoms with Gasteiger partial charge in [0.25, 0.3) is 5.88 Å². The van der Waals surface area contributed by atoms with Crippen LogP contribution in [0.4, 0.5) is 11.6 Å². The van der Waals surface area contributed by atoms with Crippen molar-refractivity contribution in [3.05, 3.63) is 24.2 Å². The first-order valence-electron chi connectivity index (χ1n) is 7.57. The summed E-state index contributed by atoms with van der Waals surface area (Å²) in [6.45, 7) is 2.53. The molecule has 0 saturated carbocycles. The third-order valence-corrected chi connectivity index (χ3v) is 3.90. The molecule has 0 aromatic carbocycles. The van der Waals surface area contributed by atoms with E-state index < -0.39 is 0 Å². The molecule has 0 bridgehead atoms. The van der Waals surface area contributed by atoms with Gasteiger partial charge in [-0.2, -0.15) is 4.98 Å². The Hall–Kier alpha value is -2.94. The Morgan fingerprint density at radius 2 is 2.42 bits per heavy atom. The molecule has 0 spiro atoms. The Kier molecular flexibility index (Phi) is 3.42. The summed E-state index contributed by atoms with van der Waals surface area (Å²) >= 11 is 0. The van der Waals surface area contributed by atoms with Crippen molar-refractivity contribution in [1.82, 2.24) is 24.7 Å². The third-order valence-electron chi connectivity index (χ3n) is 3.90. The fraction of sp³-hybridized carbons (Fsp3) is 0.333. The molecule has 2 atom stereocenters. The number of H-pyrrole nitrogens is 1.